The van der Waals surface area contributed by atoms with Crippen LogP contribution in [0.4, 0.5) is 24.5 Å². The molecule has 1 amide bonds. The Morgan fingerprint density at radius 1 is 0.909 bits per heavy atom. The number of hydrogen-bond donors (Lipinski definition) is 1. The number of nitrogens with one attached hydrogen (secondary N) is 1. The second kappa shape index (κ2) is 10.7. The molecule has 0 bridgehead atoms. The lowest BCUT2D eigenvalue weighted by molar-refractivity contribution is -0.136. The van der Waals surface area contributed by atoms with Crippen LogP contribution in [0.25, 0.3) is 10.9 Å². The Morgan fingerprint density at radius 2 is 1.64 bits per heavy atom. The summed E-state index contributed by atoms with van der Waals surface area (Å²) >= 11 is 0. The van der Waals surface area contributed by atoms with Crippen LogP contribution in [0.1, 0.15) is 36.7 Å². The Labute approximate surface area is 192 Å². The lowest BCUT2D eigenvalue weighted by Gasteiger charge is -2.26. The monoisotopic (exact) mass is 458 g/mol. The molecule has 0 unspecified atom stereocenters. The smallest absolute Gasteiger partial charge is 0.354 e. The van der Waals surface area contributed by atoms with Crippen molar-refractivity contribution in [3.05, 3.63) is 65.9 Å². The fraction of sp³-hybridized carbons (Fsp3) is 0.360. The Morgan fingerprint density at radius 3 is 2.30 bits per heavy atom. The summed E-state index contributed by atoms with van der Waals surface area (Å²) in [5, 5.41) is 3.51. The number of fused-ring (bicyclic) bond motifs is 1. The maximum absolute atomic E-state index is 13.4. The maximum atomic E-state index is 13.4. The van der Waals surface area contributed by atoms with Gasteiger partial charge in [-0.05, 0) is 44.3 Å². The van der Waals surface area contributed by atoms with Crippen LogP contribution in [0.5, 0.6) is 0 Å². The van der Waals surface area contributed by atoms with Crippen LogP contribution in [0.2, 0.25) is 0 Å². The van der Waals surface area contributed by atoms with E-state index in [1.54, 1.807) is 41.3 Å². The molecule has 0 aliphatic carbocycles. The number of alkyl halides is 3. The van der Waals surface area contributed by atoms with Gasteiger partial charge in [0.2, 0.25) is 0 Å². The van der Waals surface area contributed by atoms with Gasteiger partial charge >= 0.3 is 6.18 Å². The third kappa shape index (κ3) is 5.63. The van der Waals surface area contributed by atoms with E-state index in [0.29, 0.717) is 35.4 Å². The number of hydrogen-bond acceptors (Lipinski definition) is 4. The van der Waals surface area contributed by atoms with Crippen LogP contribution in [0.15, 0.2) is 54.7 Å². The Balaban J connectivity index is 1.93. The number of anilines is 2. The predicted molar refractivity (Wildman–Crippen MR) is 126 cm³/mol. The highest BCUT2D eigenvalue weighted by Gasteiger charge is 2.33. The zero-order chi connectivity index (χ0) is 24.0. The van der Waals surface area contributed by atoms with E-state index in [2.05, 4.69) is 29.0 Å². The molecule has 2 aromatic carbocycles. The van der Waals surface area contributed by atoms with Crippen LogP contribution in [-0.4, -0.2) is 53.4 Å². The summed E-state index contributed by atoms with van der Waals surface area (Å²) in [7, 11) is 0. The summed E-state index contributed by atoms with van der Waals surface area (Å²) in [5.41, 5.74) is 0.539. The average Bonchev–Trinajstić information content (AvgIpc) is 2.81. The van der Waals surface area contributed by atoms with E-state index in [1.807, 2.05) is 6.92 Å². The first kappa shape index (κ1) is 24.5. The molecule has 0 aliphatic rings. The zero-order valence-electron chi connectivity index (χ0n) is 19.1. The van der Waals surface area contributed by atoms with Crippen LogP contribution >= 0.6 is 0 Å². The molecule has 0 spiro atoms. The molecule has 8 heteroatoms. The number of halogens is 3. The molecule has 5 nitrogen and oxygen atoms in total. The molecule has 0 saturated carbocycles. The molecule has 176 valence electrons. The molecular formula is C25H29F3N4O. The molecule has 0 saturated heterocycles. The SMILES string of the molecule is CCN(CC)CCN(CC)C(=O)c1ccccc1Nc1ccnc2c(C(F)(F)F)cccc12. The van der Waals surface area contributed by atoms with Crippen molar-refractivity contribution in [2.75, 3.05) is 38.0 Å². The van der Waals surface area contributed by atoms with E-state index in [1.165, 1.54) is 12.3 Å². The molecule has 0 atom stereocenters. The first-order valence-electron chi connectivity index (χ1n) is 11.1. The number of rotatable bonds is 9. The number of carbonyl (C=O) groups is 1. The fourth-order valence-electron chi connectivity index (χ4n) is 3.81. The van der Waals surface area contributed by atoms with Crippen molar-refractivity contribution in [2.24, 2.45) is 0 Å². The van der Waals surface area contributed by atoms with Gasteiger partial charge in [0.05, 0.1) is 22.3 Å². The number of benzene rings is 2. The van der Waals surface area contributed by atoms with Gasteiger partial charge in [-0.15, -0.1) is 0 Å². The van der Waals surface area contributed by atoms with E-state index in [-0.39, 0.29) is 11.4 Å². The summed E-state index contributed by atoms with van der Waals surface area (Å²) < 4.78 is 40.3. The average molecular weight is 459 g/mol. The van der Waals surface area contributed by atoms with E-state index in [9.17, 15) is 18.0 Å². The molecule has 3 rings (SSSR count). The zero-order valence-corrected chi connectivity index (χ0v) is 19.1. The van der Waals surface area contributed by atoms with Gasteiger partial charge in [-0.1, -0.05) is 38.1 Å². The van der Waals surface area contributed by atoms with Gasteiger partial charge < -0.3 is 15.1 Å². The molecule has 3 aromatic rings. The van der Waals surface area contributed by atoms with Gasteiger partial charge in [0.1, 0.15) is 0 Å². The number of carbonyl (C=O) groups excluding carboxylic acids is 1. The van der Waals surface area contributed by atoms with Crippen LogP contribution < -0.4 is 5.32 Å². The minimum atomic E-state index is -4.51. The summed E-state index contributed by atoms with van der Waals surface area (Å²) in [4.78, 5) is 21.3. The minimum absolute atomic E-state index is 0.123. The first-order chi connectivity index (χ1) is 15.8. The van der Waals surface area contributed by atoms with Crippen LogP contribution in [0.3, 0.4) is 0 Å². The molecule has 0 radical (unpaired) electrons. The van der Waals surface area contributed by atoms with E-state index in [0.717, 1.165) is 25.7 Å². The molecular weight excluding hydrogens is 429 g/mol. The molecule has 1 heterocycles. The normalized spacial score (nSPS) is 11.7. The van der Waals surface area contributed by atoms with Crippen molar-refractivity contribution in [3.63, 3.8) is 0 Å². The lowest BCUT2D eigenvalue weighted by Crippen LogP contribution is -2.38. The highest BCUT2D eigenvalue weighted by atomic mass is 19.4. The number of aromatic nitrogens is 1. The van der Waals surface area contributed by atoms with E-state index >= 15 is 0 Å². The van der Waals surface area contributed by atoms with Crippen molar-refractivity contribution >= 4 is 28.2 Å². The molecule has 33 heavy (non-hydrogen) atoms. The third-order valence-electron chi connectivity index (χ3n) is 5.75. The summed E-state index contributed by atoms with van der Waals surface area (Å²) in [6.45, 7) is 9.86. The predicted octanol–water partition coefficient (Wildman–Crippen LogP) is 5.80. The number of nitrogens with zero attached hydrogens (tertiary/aromatic N) is 3. The highest BCUT2D eigenvalue weighted by molar-refractivity contribution is 6.02. The summed E-state index contributed by atoms with van der Waals surface area (Å²) in [6.07, 6.45) is -3.17. The lowest BCUT2D eigenvalue weighted by atomic mass is 10.1. The van der Waals surface area contributed by atoms with E-state index in [4.69, 9.17) is 0 Å². The molecule has 1 aromatic heterocycles. The first-order valence-corrected chi connectivity index (χ1v) is 11.1. The molecule has 1 N–H and O–H groups in total. The summed E-state index contributed by atoms with van der Waals surface area (Å²) in [5.74, 6) is -0.123. The van der Waals surface area contributed by atoms with Gasteiger partial charge in [-0.2, -0.15) is 13.2 Å². The van der Waals surface area contributed by atoms with Crippen molar-refractivity contribution in [3.8, 4) is 0 Å². The van der Waals surface area contributed by atoms with Crippen molar-refractivity contribution < 1.29 is 18.0 Å². The third-order valence-corrected chi connectivity index (χ3v) is 5.75. The maximum Gasteiger partial charge on any atom is 0.418 e. The Hall–Kier alpha value is -3.13. The van der Waals surface area contributed by atoms with Crippen molar-refractivity contribution in [1.29, 1.82) is 0 Å². The number of para-hydroxylation sites is 2. The second-order valence-corrected chi connectivity index (χ2v) is 7.64. The number of pyridine rings is 1. The fourth-order valence-corrected chi connectivity index (χ4v) is 3.81. The molecule has 0 fully saturated rings. The standard InChI is InChI=1S/C25H29F3N4O/c1-4-31(5-2)16-17-32(6-3)24(33)19-10-7-8-13-21(19)30-22-14-15-29-23-18(22)11-9-12-20(23)25(26,27)28/h7-15H,4-6,16-17H2,1-3H3,(H,29,30). The van der Waals surface area contributed by atoms with Crippen LogP contribution in [-0.2, 0) is 6.18 Å². The van der Waals surface area contributed by atoms with Crippen LogP contribution in [0, 0.1) is 0 Å². The number of likely N-dealkylation sites (N-methyl/N-ethyl adjacent to an activating group) is 2. The Bertz CT molecular complexity index is 1100. The number of amides is 1. The van der Waals surface area contributed by atoms with E-state index < -0.39 is 11.7 Å². The minimum Gasteiger partial charge on any atom is -0.354 e. The van der Waals surface area contributed by atoms with Crippen molar-refractivity contribution in [2.45, 2.75) is 26.9 Å². The second-order valence-electron chi connectivity index (χ2n) is 7.64. The van der Waals surface area contributed by atoms with Gasteiger partial charge in [0.25, 0.3) is 5.91 Å². The van der Waals surface area contributed by atoms with Gasteiger partial charge in [0, 0.05) is 36.9 Å². The van der Waals surface area contributed by atoms with Gasteiger partial charge in [-0.25, -0.2) is 0 Å². The van der Waals surface area contributed by atoms with Crippen molar-refractivity contribution in [1.82, 2.24) is 14.8 Å². The summed E-state index contributed by atoms with van der Waals surface area (Å²) in [6, 6.07) is 12.6. The Kier molecular flexibility index (Phi) is 7.92. The molecule has 0 aliphatic heterocycles. The largest absolute Gasteiger partial charge is 0.418 e. The quantitative estimate of drug-likeness (QED) is 0.440. The topological polar surface area (TPSA) is 48.5 Å². The highest BCUT2D eigenvalue weighted by Crippen LogP contribution is 2.36. The van der Waals surface area contributed by atoms with Gasteiger partial charge in [-0.3, -0.25) is 9.78 Å². The van der Waals surface area contributed by atoms with Gasteiger partial charge in [0.15, 0.2) is 0 Å².